The summed E-state index contributed by atoms with van der Waals surface area (Å²) in [4.78, 5) is 29.6. The number of halogens is 3. The molecule has 6 aliphatic rings. The smallest absolute Gasteiger partial charge is 0.319 e. The third-order valence-corrected chi connectivity index (χ3v) is 14.0. The summed E-state index contributed by atoms with van der Waals surface area (Å²) < 4.78 is 38.8. The van der Waals surface area contributed by atoms with Crippen molar-refractivity contribution in [1.29, 1.82) is 5.26 Å². The number of piperidine rings is 1. The average Bonchev–Trinajstić information content (AvgIpc) is 4.01. The van der Waals surface area contributed by atoms with Crippen LogP contribution < -0.4 is 20.7 Å². The lowest BCUT2D eigenvalue weighted by Crippen LogP contribution is -2.65. The van der Waals surface area contributed by atoms with E-state index < -0.39 is 11.6 Å². The van der Waals surface area contributed by atoms with Crippen molar-refractivity contribution in [3.05, 3.63) is 40.4 Å². The van der Waals surface area contributed by atoms with Crippen molar-refractivity contribution in [2.45, 2.75) is 69.0 Å². The number of likely N-dealkylation sites (tertiary alicyclic amines) is 1. The summed E-state index contributed by atoms with van der Waals surface area (Å²) in [6.07, 6.45) is 8.61. The van der Waals surface area contributed by atoms with Gasteiger partial charge in [0.15, 0.2) is 5.82 Å². The first kappa shape index (κ1) is 32.8. The summed E-state index contributed by atoms with van der Waals surface area (Å²) >= 11 is 7.91. The molecule has 2 atom stereocenters. The minimum atomic E-state index is -0.701. The van der Waals surface area contributed by atoms with E-state index >= 15 is 4.39 Å². The largest absolute Gasteiger partial charge is 0.461 e. The van der Waals surface area contributed by atoms with Crippen LogP contribution in [-0.4, -0.2) is 89.2 Å². The van der Waals surface area contributed by atoms with Crippen molar-refractivity contribution in [1.82, 2.24) is 25.1 Å². The number of nitriles is 1. The summed E-state index contributed by atoms with van der Waals surface area (Å²) in [7, 11) is 0. The molecular formula is C38H39ClF2N8O2S. The minimum Gasteiger partial charge on any atom is -0.461 e. The van der Waals surface area contributed by atoms with Gasteiger partial charge in [0.25, 0.3) is 0 Å². The Morgan fingerprint density at radius 1 is 1.12 bits per heavy atom. The normalized spacial score (nSPS) is 24.7. The number of carbonyl (C=O) groups excluding carboxylic acids is 1. The summed E-state index contributed by atoms with van der Waals surface area (Å²) in [5, 5.41) is 14.3. The Bertz CT molecular complexity index is 2200. The lowest BCUT2D eigenvalue weighted by Gasteiger charge is -2.55. The lowest BCUT2D eigenvalue weighted by molar-refractivity contribution is -0.143. The zero-order valence-electron chi connectivity index (χ0n) is 28.7. The molecule has 52 heavy (non-hydrogen) atoms. The highest BCUT2D eigenvalue weighted by molar-refractivity contribution is 7.23. The van der Waals surface area contributed by atoms with Gasteiger partial charge in [0, 0.05) is 54.0 Å². The van der Waals surface area contributed by atoms with Crippen molar-refractivity contribution in [3.63, 3.8) is 0 Å². The highest BCUT2D eigenvalue weighted by Gasteiger charge is 2.56. The van der Waals surface area contributed by atoms with E-state index in [1.54, 1.807) is 6.07 Å². The lowest BCUT2D eigenvalue weighted by atomic mass is 9.73. The fraction of sp³-hybridized carbons (Fsp3) is 0.526. The number of benzene rings is 2. The van der Waals surface area contributed by atoms with Crippen LogP contribution in [0, 0.1) is 34.3 Å². The van der Waals surface area contributed by atoms with Crippen molar-refractivity contribution in [3.8, 4) is 23.2 Å². The van der Waals surface area contributed by atoms with Gasteiger partial charge in [-0.2, -0.15) is 15.2 Å². The fourth-order valence-corrected chi connectivity index (χ4v) is 11.1. The molecule has 5 saturated heterocycles. The van der Waals surface area contributed by atoms with Gasteiger partial charge in [-0.15, -0.1) is 11.3 Å². The van der Waals surface area contributed by atoms with Gasteiger partial charge in [-0.3, -0.25) is 15.0 Å². The molecular weight excluding hydrogens is 706 g/mol. The number of ether oxygens (including phenoxy) is 1. The van der Waals surface area contributed by atoms with Crippen LogP contribution in [0.25, 0.3) is 32.1 Å². The Hall–Kier alpha value is -3.83. The number of nitrogens with two attached hydrogens (primary N) is 1. The fourth-order valence-electron chi connectivity index (χ4n) is 9.88. The highest BCUT2D eigenvalue weighted by Crippen LogP contribution is 2.48. The molecule has 5 aliphatic heterocycles. The van der Waals surface area contributed by atoms with Crippen LogP contribution in [0.3, 0.4) is 0 Å². The van der Waals surface area contributed by atoms with Crippen LogP contribution in [-0.2, 0) is 4.79 Å². The van der Waals surface area contributed by atoms with Gasteiger partial charge in [-0.1, -0.05) is 17.7 Å². The van der Waals surface area contributed by atoms with Crippen LogP contribution in [0.5, 0.6) is 6.01 Å². The Kier molecular flexibility index (Phi) is 7.46. The molecule has 10 nitrogen and oxygen atoms in total. The highest BCUT2D eigenvalue weighted by atomic mass is 35.5. The molecule has 7 heterocycles. The molecule has 2 aromatic heterocycles. The number of rotatable bonds is 7. The number of thiophene rings is 1. The molecule has 14 heteroatoms. The quantitative estimate of drug-likeness (QED) is 0.216. The first-order valence-corrected chi connectivity index (χ1v) is 19.7. The van der Waals surface area contributed by atoms with Gasteiger partial charge < -0.3 is 20.3 Å². The SMILES string of the molecule is N#Cc1c(N)sc2c(F)ccc(-c3c(Cl)cc4c(N5CCCC6(CN(C(=O)[C@@H]7N[C@@H]7C7CC7)C6)C5)nc(OCC56CCCN5CCC6)nc4c3F)c12. The van der Waals surface area contributed by atoms with Gasteiger partial charge in [-0.25, -0.2) is 8.78 Å². The zero-order chi connectivity index (χ0) is 35.5. The Morgan fingerprint density at radius 3 is 2.63 bits per heavy atom. The summed E-state index contributed by atoms with van der Waals surface area (Å²) in [5.41, 5.74) is 6.38. The predicted octanol–water partition coefficient (Wildman–Crippen LogP) is 6.08. The number of nitrogens with one attached hydrogen (secondary N) is 1. The van der Waals surface area contributed by atoms with Crippen molar-refractivity contribution < 1.29 is 18.3 Å². The van der Waals surface area contributed by atoms with E-state index in [9.17, 15) is 14.4 Å². The molecule has 1 spiro atoms. The maximum absolute atomic E-state index is 17.2. The second kappa shape index (κ2) is 11.8. The predicted molar refractivity (Wildman–Crippen MR) is 197 cm³/mol. The van der Waals surface area contributed by atoms with Gasteiger partial charge in [0.1, 0.15) is 40.9 Å². The van der Waals surface area contributed by atoms with Crippen LogP contribution in [0.15, 0.2) is 18.2 Å². The molecule has 10 rings (SSSR count). The molecule has 4 aromatic rings. The number of anilines is 2. The number of aromatic nitrogens is 2. The summed E-state index contributed by atoms with van der Waals surface area (Å²) in [5.74, 6) is 0.156. The average molecular weight is 745 g/mol. The number of hydrogen-bond donors (Lipinski definition) is 2. The second-order valence-corrected chi connectivity index (χ2v) is 17.4. The molecule has 0 bridgehead atoms. The minimum absolute atomic E-state index is 0.0156. The third-order valence-electron chi connectivity index (χ3n) is 12.7. The van der Waals surface area contributed by atoms with Gasteiger partial charge in [0.05, 0.1) is 20.8 Å². The maximum atomic E-state index is 17.2. The molecule has 270 valence electrons. The van der Waals surface area contributed by atoms with E-state index in [1.165, 1.54) is 25.0 Å². The standard InChI is InChI=1S/C38H39ClF2N8O2S/c39-24-14-22-30(28(41)27(24)21-6-7-25(40)32-26(21)23(15-42)33(43)52-32)45-36(51-19-38-9-2-12-49(38)13-3-10-38)46-34(22)47-11-1-8-37(16-47)17-48(18-37)35(50)31-29(44-31)20-4-5-20/h6-7,14,20,29,31,44H,1-5,8-13,16-19,43H2/t29-,31-/m1/s1. The van der Waals surface area contributed by atoms with Crippen LogP contribution in [0.2, 0.25) is 5.02 Å². The molecule has 6 fully saturated rings. The van der Waals surface area contributed by atoms with Crippen LogP contribution in [0.4, 0.5) is 19.6 Å². The summed E-state index contributed by atoms with van der Waals surface area (Å²) in [6, 6.07) is 6.83. The van der Waals surface area contributed by atoms with Crippen LogP contribution >= 0.6 is 22.9 Å². The van der Waals surface area contributed by atoms with Gasteiger partial charge >= 0.3 is 6.01 Å². The van der Waals surface area contributed by atoms with Crippen molar-refractivity contribution in [2.24, 2.45) is 11.3 Å². The monoisotopic (exact) mass is 744 g/mol. The van der Waals surface area contributed by atoms with Crippen LogP contribution in [0.1, 0.15) is 56.9 Å². The Balaban J connectivity index is 1.03. The van der Waals surface area contributed by atoms with Crippen molar-refractivity contribution >= 4 is 60.7 Å². The number of amides is 1. The molecule has 1 amide bonds. The summed E-state index contributed by atoms with van der Waals surface area (Å²) in [6.45, 7) is 5.23. The third kappa shape index (κ3) is 5.08. The number of hydrogen-bond acceptors (Lipinski definition) is 10. The van der Waals surface area contributed by atoms with E-state index in [0.29, 0.717) is 55.9 Å². The second-order valence-electron chi connectivity index (χ2n) is 16.0. The van der Waals surface area contributed by atoms with Crippen molar-refractivity contribution in [2.75, 3.05) is 56.5 Å². The van der Waals surface area contributed by atoms with E-state index in [4.69, 9.17) is 32.0 Å². The zero-order valence-corrected chi connectivity index (χ0v) is 30.3. The Labute approximate surface area is 308 Å². The Morgan fingerprint density at radius 2 is 1.88 bits per heavy atom. The number of nitrogen functional groups attached to an aromatic ring is 1. The molecule has 3 N–H and O–H groups in total. The van der Waals surface area contributed by atoms with E-state index in [-0.39, 0.29) is 71.2 Å². The number of carbonyl (C=O) groups is 1. The first-order valence-electron chi connectivity index (χ1n) is 18.5. The number of fused-ring (bicyclic) bond motifs is 3. The molecule has 2 aromatic carbocycles. The number of nitrogens with zero attached hydrogens (tertiary/aromatic N) is 6. The topological polar surface area (TPSA) is 134 Å². The van der Waals surface area contributed by atoms with E-state index in [0.717, 1.165) is 63.0 Å². The first-order chi connectivity index (χ1) is 25.2. The maximum Gasteiger partial charge on any atom is 0.319 e. The molecule has 0 unspecified atom stereocenters. The molecule has 0 radical (unpaired) electrons. The van der Waals surface area contributed by atoms with E-state index in [1.807, 2.05) is 4.90 Å². The molecule has 1 saturated carbocycles. The van der Waals surface area contributed by atoms with E-state index in [2.05, 4.69) is 21.2 Å². The van der Waals surface area contributed by atoms with Gasteiger partial charge in [-0.05, 0) is 88.1 Å². The van der Waals surface area contributed by atoms with Gasteiger partial charge in [0.2, 0.25) is 5.91 Å². The molecule has 1 aliphatic carbocycles.